The molecule has 2 heteroatoms. The number of nitrogens with two attached hydrogens (primary N) is 1. The first kappa shape index (κ1) is 14.5. The van der Waals surface area contributed by atoms with Crippen molar-refractivity contribution >= 4 is 0 Å². The number of rotatable bonds is 5. The van der Waals surface area contributed by atoms with Crippen LogP contribution in [0, 0.1) is 5.92 Å². The van der Waals surface area contributed by atoms with Crippen LogP contribution in [0.4, 0.5) is 0 Å². The van der Waals surface area contributed by atoms with Gasteiger partial charge >= 0.3 is 0 Å². The van der Waals surface area contributed by atoms with Crippen LogP contribution in [0.15, 0.2) is 30.3 Å². The molecule has 106 valence electrons. The maximum Gasteiger partial charge on any atom is 0.0688 e. The summed E-state index contributed by atoms with van der Waals surface area (Å²) >= 11 is 0. The van der Waals surface area contributed by atoms with E-state index in [1.807, 2.05) is 0 Å². The van der Waals surface area contributed by atoms with Crippen molar-refractivity contribution < 1.29 is 5.11 Å². The van der Waals surface area contributed by atoms with Gasteiger partial charge in [-0.25, -0.2) is 0 Å². The van der Waals surface area contributed by atoms with Crippen LogP contribution in [0.3, 0.4) is 0 Å². The van der Waals surface area contributed by atoms with Crippen LogP contribution < -0.4 is 5.73 Å². The summed E-state index contributed by atoms with van der Waals surface area (Å²) in [6.45, 7) is 2.78. The Hall–Kier alpha value is -0.860. The zero-order valence-electron chi connectivity index (χ0n) is 12.0. The Balaban J connectivity index is 1.98. The molecular formula is C17H27NO. The van der Waals surface area contributed by atoms with Crippen molar-refractivity contribution in [1.29, 1.82) is 0 Å². The molecule has 2 nitrogen and oxygen atoms in total. The number of aliphatic hydroxyl groups is 1. The SMILES string of the molecule is CCCC(CN)C1(O)CCC(c2ccccc2)CC1. The first-order valence-electron chi connectivity index (χ1n) is 7.67. The van der Waals surface area contributed by atoms with E-state index in [4.69, 9.17) is 5.73 Å². The summed E-state index contributed by atoms with van der Waals surface area (Å²) in [4.78, 5) is 0. The van der Waals surface area contributed by atoms with Gasteiger partial charge in [0.15, 0.2) is 0 Å². The summed E-state index contributed by atoms with van der Waals surface area (Å²) in [6, 6.07) is 10.7. The van der Waals surface area contributed by atoms with E-state index in [2.05, 4.69) is 37.3 Å². The Morgan fingerprint density at radius 3 is 2.42 bits per heavy atom. The zero-order chi connectivity index (χ0) is 13.7. The van der Waals surface area contributed by atoms with Gasteiger partial charge in [-0.3, -0.25) is 0 Å². The third kappa shape index (κ3) is 3.37. The van der Waals surface area contributed by atoms with E-state index in [9.17, 15) is 5.11 Å². The largest absolute Gasteiger partial charge is 0.390 e. The molecule has 1 saturated carbocycles. The summed E-state index contributed by atoms with van der Waals surface area (Å²) in [6.07, 6.45) is 6.11. The molecule has 1 unspecified atom stereocenters. The second-order valence-corrected chi connectivity index (χ2v) is 6.01. The van der Waals surface area contributed by atoms with Crippen LogP contribution in [0.25, 0.3) is 0 Å². The minimum absolute atomic E-state index is 0.272. The molecule has 1 aliphatic carbocycles. The average molecular weight is 261 g/mol. The summed E-state index contributed by atoms with van der Waals surface area (Å²) < 4.78 is 0. The van der Waals surface area contributed by atoms with E-state index in [-0.39, 0.29) is 5.92 Å². The Bertz CT molecular complexity index is 368. The lowest BCUT2D eigenvalue weighted by Crippen LogP contribution is -2.44. The highest BCUT2D eigenvalue weighted by molar-refractivity contribution is 5.20. The molecule has 0 radical (unpaired) electrons. The van der Waals surface area contributed by atoms with Gasteiger partial charge in [0.1, 0.15) is 0 Å². The minimum Gasteiger partial charge on any atom is -0.390 e. The summed E-state index contributed by atoms with van der Waals surface area (Å²) in [5, 5.41) is 10.8. The van der Waals surface area contributed by atoms with Gasteiger partial charge in [0.25, 0.3) is 0 Å². The highest BCUT2D eigenvalue weighted by Crippen LogP contribution is 2.42. The number of benzene rings is 1. The molecule has 3 N–H and O–H groups in total. The quantitative estimate of drug-likeness (QED) is 0.852. The van der Waals surface area contributed by atoms with E-state index in [1.54, 1.807) is 0 Å². The smallest absolute Gasteiger partial charge is 0.0688 e. The van der Waals surface area contributed by atoms with E-state index in [1.165, 1.54) is 5.56 Å². The fourth-order valence-corrected chi connectivity index (χ4v) is 3.54. The van der Waals surface area contributed by atoms with Crippen molar-refractivity contribution in [3.63, 3.8) is 0 Å². The van der Waals surface area contributed by atoms with Crippen LogP contribution in [0.5, 0.6) is 0 Å². The number of hydrogen-bond acceptors (Lipinski definition) is 2. The predicted molar refractivity (Wildman–Crippen MR) is 80.1 cm³/mol. The molecule has 1 aliphatic rings. The van der Waals surface area contributed by atoms with Gasteiger partial charge in [-0.15, -0.1) is 0 Å². The highest BCUT2D eigenvalue weighted by Gasteiger charge is 2.39. The Morgan fingerprint density at radius 1 is 1.26 bits per heavy atom. The maximum atomic E-state index is 10.8. The van der Waals surface area contributed by atoms with Crippen LogP contribution in [-0.4, -0.2) is 17.3 Å². The first-order valence-corrected chi connectivity index (χ1v) is 7.67. The molecule has 2 rings (SSSR count). The second kappa shape index (κ2) is 6.53. The second-order valence-electron chi connectivity index (χ2n) is 6.01. The van der Waals surface area contributed by atoms with Gasteiger partial charge in [0, 0.05) is 0 Å². The monoisotopic (exact) mass is 261 g/mol. The van der Waals surface area contributed by atoms with Crippen molar-refractivity contribution in [1.82, 2.24) is 0 Å². The van der Waals surface area contributed by atoms with Gasteiger partial charge in [0.2, 0.25) is 0 Å². The minimum atomic E-state index is -0.518. The molecule has 1 aromatic carbocycles. The van der Waals surface area contributed by atoms with Crippen LogP contribution >= 0.6 is 0 Å². The van der Waals surface area contributed by atoms with Gasteiger partial charge in [-0.1, -0.05) is 43.7 Å². The maximum absolute atomic E-state index is 10.8. The van der Waals surface area contributed by atoms with Crippen molar-refractivity contribution in [2.24, 2.45) is 11.7 Å². The predicted octanol–water partition coefficient (Wildman–Crippen LogP) is 3.45. The van der Waals surface area contributed by atoms with E-state index >= 15 is 0 Å². The molecule has 0 spiro atoms. The molecule has 1 fully saturated rings. The Kier molecular flexibility index (Phi) is 5.00. The summed E-state index contributed by atoms with van der Waals surface area (Å²) in [5.74, 6) is 0.885. The van der Waals surface area contributed by atoms with Crippen LogP contribution in [0.2, 0.25) is 0 Å². The zero-order valence-corrected chi connectivity index (χ0v) is 12.0. The van der Waals surface area contributed by atoms with Crippen molar-refractivity contribution in [3.05, 3.63) is 35.9 Å². The van der Waals surface area contributed by atoms with Crippen molar-refractivity contribution in [2.45, 2.75) is 57.0 Å². The third-order valence-electron chi connectivity index (χ3n) is 4.80. The third-order valence-corrected chi connectivity index (χ3v) is 4.80. The molecule has 1 atom stereocenters. The average Bonchev–Trinajstić information content (AvgIpc) is 2.46. The fraction of sp³-hybridized carbons (Fsp3) is 0.647. The molecule has 19 heavy (non-hydrogen) atoms. The molecule has 0 heterocycles. The van der Waals surface area contributed by atoms with Gasteiger partial charge in [0.05, 0.1) is 5.60 Å². The Labute approximate surface area is 117 Å². The van der Waals surface area contributed by atoms with Gasteiger partial charge in [-0.2, -0.15) is 0 Å². The summed E-state index contributed by atoms with van der Waals surface area (Å²) in [5.41, 5.74) is 6.76. The van der Waals surface area contributed by atoms with E-state index < -0.39 is 5.60 Å². The Morgan fingerprint density at radius 2 is 1.89 bits per heavy atom. The highest BCUT2D eigenvalue weighted by atomic mass is 16.3. The van der Waals surface area contributed by atoms with Crippen molar-refractivity contribution in [2.75, 3.05) is 6.54 Å². The van der Waals surface area contributed by atoms with Crippen LogP contribution in [0.1, 0.15) is 56.9 Å². The van der Waals surface area contributed by atoms with Crippen molar-refractivity contribution in [3.8, 4) is 0 Å². The molecule has 0 aliphatic heterocycles. The van der Waals surface area contributed by atoms with E-state index in [0.29, 0.717) is 12.5 Å². The molecule has 0 bridgehead atoms. The molecule has 0 saturated heterocycles. The van der Waals surface area contributed by atoms with Crippen LogP contribution in [-0.2, 0) is 0 Å². The molecule has 1 aromatic rings. The molecular weight excluding hydrogens is 234 g/mol. The summed E-state index contributed by atoms with van der Waals surface area (Å²) in [7, 11) is 0. The first-order chi connectivity index (χ1) is 9.19. The fourth-order valence-electron chi connectivity index (χ4n) is 3.54. The number of hydrogen-bond donors (Lipinski definition) is 2. The normalized spacial score (nSPS) is 29.1. The molecule has 0 aromatic heterocycles. The van der Waals surface area contributed by atoms with Gasteiger partial charge in [-0.05, 0) is 56.0 Å². The van der Waals surface area contributed by atoms with E-state index in [0.717, 1.165) is 38.5 Å². The molecule has 0 amide bonds. The topological polar surface area (TPSA) is 46.2 Å². The lowest BCUT2D eigenvalue weighted by atomic mass is 9.69. The standard InChI is InChI=1S/C17H27NO/c1-2-6-16(13-18)17(19)11-9-15(10-12-17)14-7-4-3-5-8-14/h3-5,7-8,15-16,19H,2,6,9-13,18H2,1H3. The lowest BCUT2D eigenvalue weighted by Gasteiger charge is -2.41. The van der Waals surface area contributed by atoms with Gasteiger partial charge < -0.3 is 10.8 Å². The lowest BCUT2D eigenvalue weighted by molar-refractivity contribution is -0.0528.